The third kappa shape index (κ3) is 5.60. The topological polar surface area (TPSA) is 52.7 Å². The number of fused-ring (bicyclic) bond motifs is 1. The van der Waals surface area contributed by atoms with Crippen molar-refractivity contribution in [2.24, 2.45) is 0 Å². The summed E-state index contributed by atoms with van der Waals surface area (Å²) < 4.78 is 13.7. The number of nitrogens with zero attached hydrogens (tertiary/aromatic N) is 2. The monoisotopic (exact) mass is 627 g/mol. The Kier molecular flexibility index (Phi) is 8.48. The second-order valence-corrected chi connectivity index (χ2v) is 11.9. The number of ketones is 1. The molecule has 1 aliphatic heterocycles. The number of amides is 1. The number of benzene rings is 4. The van der Waals surface area contributed by atoms with Gasteiger partial charge in [-0.2, -0.15) is 0 Å². The van der Waals surface area contributed by atoms with Crippen LogP contribution in [0.1, 0.15) is 60.1 Å². The number of para-hydroxylation sites is 2. The van der Waals surface area contributed by atoms with E-state index in [9.17, 15) is 14.0 Å². The van der Waals surface area contributed by atoms with Gasteiger partial charge >= 0.3 is 0 Å². The molecule has 1 heterocycles. The Morgan fingerprint density at radius 2 is 1.57 bits per heavy atom. The van der Waals surface area contributed by atoms with Gasteiger partial charge in [0, 0.05) is 42.0 Å². The minimum absolute atomic E-state index is 0.0642. The number of hydrogen-bond donors (Lipinski definition) is 1. The van der Waals surface area contributed by atoms with Crippen LogP contribution in [0.5, 0.6) is 0 Å². The molecular weight excluding hydrogens is 596 g/mol. The molecule has 44 heavy (non-hydrogen) atoms. The Balaban J connectivity index is 1.54. The van der Waals surface area contributed by atoms with Crippen LogP contribution in [0.4, 0.5) is 21.5 Å². The molecule has 0 saturated heterocycles. The fourth-order valence-corrected chi connectivity index (χ4v) is 6.62. The highest BCUT2D eigenvalue weighted by Crippen LogP contribution is 2.48. The molecule has 8 heteroatoms. The summed E-state index contributed by atoms with van der Waals surface area (Å²) in [6.45, 7) is 5.94. The molecule has 2 aliphatic rings. The van der Waals surface area contributed by atoms with Crippen LogP contribution in [0.25, 0.3) is 0 Å². The minimum Gasteiger partial charge on any atom is -0.372 e. The van der Waals surface area contributed by atoms with E-state index in [-0.39, 0.29) is 34.9 Å². The summed E-state index contributed by atoms with van der Waals surface area (Å²) in [7, 11) is 0. The van der Waals surface area contributed by atoms with Crippen molar-refractivity contribution in [3.05, 3.63) is 135 Å². The number of carbonyl (C=O) groups is 2. The number of anilines is 3. The third-order valence-corrected chi connectivity index (χ3v) is 9.29. The smallest absolute Gasteiger partial charge is 0.259 e. The zero-order chi connectivity index (χ0) is 31.0. The van der Waals surface area contributed by atoms with Crippen LogP contribution in [0.3, 0.4) is 0 Å². The average molecular weight is 629 g/mol. The van der Waals surface area contributed by atoms with Crippen LogP contribution in [0.15, 0.2) is 102 Å². The van der Waals surface area contributed by atoms with Crippen LogP contribution in [-0.2, 0) is 4.79 Å². The van der Waals surface area contributed by atoms with Gasteiger partial charge in [-0.15, -0.1) is 0 Å². The first-order chi connectivity index (χ1) is 21.3. The van der Waals surface area contributed by atoms with E-state index >= 15 is 0 Å². The molecule has 1 aliphatic carbocycles. The number of carbonyl (C=O) groups excluding carboxylic acids is 2. The van der Waals surface area contributed by atoms with E-state index in [2.05, 4.69) is 24.1 Å². The lowest BCUT2D eigenvalue weighted by molar-refractivity contribution is -0.116. The predicted octanol–water partition coefficient (Wildman–Crippen LogP) is 9.19. The third-order valence-electron chi connectivity index (χ3n) is 8.55. The fourth-order valence-electron chi connectivity index (χ4n) is 6.32. The molecule has 5 nitrogen and oxygen atoms in total. The van der Waals surface area contributed by atoms with E-state index in [1.54, 1.807) is 35.2 Å². The highest BCUT2D eigenvalue weighted by molar-refractivity contribution is 6.42. The zero-order valence-electron chi connectivity index (χ0n) is 24.5. The molecule has 0 radical (unpaired) electrons. The highest BCUT2D eigenvalue weighted by atomic mass is 35.5. The molecule has 4 aromatic carbocycles. The van der Waals surface area contributed by atoms with Gasteiger partial charge in [0.25, 0.3) is 5.91 Å². The average Bonchev–Trinajstić information content (AvgIpc) is 3.18. The molecule has 2 atom stereocenters. The van der Waals surface area contributed by atoms with E-state index in [0.29, 0.717) is 34.0 Å². The van der Waals surface area contributed by atoms with Crippen LogP contribution in [0.2, 0.25) is 10.0 Å². The van der Waals surface area contributed by atoms with Crippen molar-refractivity contribution in [2.45, 2.75) is 38.6 Å². The number of halogens is 3. The largest absolute Gasteiger partial charge is 0.372 e. The maximum absolute atomic E-state index is 14.5. The van der Waals surface area contributed by atoms with Crippen molar-refractivity contribution < 1.29 is 14.0 Å². The lowest BCUT2D eigenvalue weighted by Crippen LogP contribution is -2.38. The Labute approximate surface area is 266 Å². The van der Waals surface area contributed by atoms with Gasteiger partial charge < -0.3 is 10.2 Å². The molecule has 0 unspecified atom stereocenters. The standard InChI is InChI=1S/C36H32Cl2FN3O2/c1-3-41(4-2)27-16-11-23(12-17-27)35-34-31(20-25(21-33(34)43)22-9-14-26(39)15-10-22)40-30-7-5-6-8-32(30)42(35)36(44)24-13-18-28(37)29(38)19-24/h5-19,25,35,40H,3-4,20-21H2,1-2H3/t25-,35+/m0/s1. The lowest BCUT2D eigenvalue weighted by Gasteiger charge is -2.35. The second kappa shape index (κ2) is 12.5. The van der Waals surface area contributed by atoms with Crippen molar-refractivity contribution in [2.75, 3.05) is 28.2 Å². The molecule has 1 amide bonds. The fraction of sp³-hybridized carbons (Fsp3) is 0.222. The highest BCUT2D eigenvalue weighted by Gasteiger charge is 2.42. The van der Waals surface area contributed by atoms with E-state index in [0.717, 1.165) is 35.6 Å². The Bertz CT molecular complexity index is 1750. The second-order valence-electron chi connectivity index (χ2n) is 11.1. The molecule has 1 N–H and O–H groups in total. The molecular formula is C36H32Cl2FN3O2. The molecule has 0 saturated carbocycles. The number of nitrogens with one attached hydrogen (secondary N) is 1. The first-order valence-electron chi connectivity index (χ1n) is 14.8. The van der Waals surface area contributed by atoms with Gasteiger partial charge in [0.1, 0.15) is 5.82 Å². The van der Waals surface area contributed by atoms with E-state index < -0.39 is 6.04 Å². The van der Waals surface area contributed by atoms with Crippen molar-refractivity contribution in [3.8, 4) is 0 Å². The summed E-state index contributed by atoms with van der Waals surface area (Å²) in [4.78, 5) is 32.8. The Morgan fingerprint density at radius 3 is 2.25 bits per heavy atom. The van der Waals surface area contributed by atoms with Gasteiger partial charge in [0.15, 0.2) is 5.78 Å². The number of allylic oxidation sites excluding steroid dienone is 1. The van der Waals surface area contributed by atoms with E-state index in [4.69, 9.17) is 23.2 Å². The Hall–Kier alpha value is -4.13. The first kappa shape index (κ1) is 29.9. The summed E-state index contributed by atoms with van der Waals surface area (Å²) >= 11 is 12.6. The number of Topliss-reactive ketones (excluding diaryl/α,β-unsaturated/α-hetero) is 1. The number of rotatable bonds is 6. The maximum atomic E-state index is 14.5. The van der Waals surface area contributed by atoms with Crippen LogP contribution in [0, 0.1) is 5.82 Å². The predicted molar refractivity (Wildman–Crippen MR) is 176 cm³/mol. The molecule has 0 fully saturated rings. The van der Waals surface area contributed by atoms with Gasteiger partial charge in [-0.25, -0.2) is 4.39 Å². The Morgan fingerprint density at radius 1 is 0.886 bits per heavy atom. The molecule has 4 aromatic rings. The first-order valence-corrected chi connectivity index (χ1v) is 15.6. The van der Waals surface area contributed by atoms with Crippen molar-refractivity contribution in [3.63, 3.8) is 0 Å². The van der Waals surface area contributed by atoms with E-state index in [1.807, 2.05) is 48.5 Å². The van der Waals surface area contributed by atoms with E-state index in [1.165, 1.54) is 12.1 Å². The summed E-state index contributed by atoms with van der Waals surface area (Å²) in [6, 6.07) is 26.1. The molecule has 0 aromatic heterocycles. The molecule has 0 bridgehead atoms. The van der Waals surface area contributed by atoms with Gasteiger partial charge in [-0.3, -0.25) is 14.5 Å². The summed E-state index contributed by atoms with van der Waals surface area (Å²) in [6.07, 6.45) is 0.773. The quantitative estimate of drug-likeness (QED) is 0.231. The minimum atomic E-state index is -0.712. The SMILES string of the molecule is CCN(CC)c1ccc([C@@H]2C3=C(C[C@H](c4ccc(F)cc4)CC3=O)Nc3ccccc3N2C(=O)c2ccc(Cl)c(Cl)c2)cc1. The summed E-state index contributed by atoms with van der Waals surface area (Å²) in [5.74, 6) is -0.824. The van der Waals surface area contributed by atoms with Gasteiger partial charge in [-0.1, -0.05) is 59.6 Å². The zero-order valence-corrected chi connectivity index (χ0v) is 26.0. The van der Waals surface area contributed by atoms with Crippen LogP contribution < -0.4 is 15.1 Å². The molecule has 224 valence electrons. The lowest BCUT2D eigenvalue weighted by atomic mass is 9.78. The summed E-state index contributed by atoms with van der Waals surface area (Å²) in [5, 5.41) is 4.17. The summed E-state index contributed by atoms with van der Waals surface area (Å²) in [5.41, 5.74) is 5.78. The molecule has 6 rings (SSSR count). The number of hydrogen-bond acceptors (Lipinski definition) is 4. The van der Waals surface area contributed by atoms with Crippen molar-refractivity contribution >= 4 is 52.0 Å². The van der Waals surface area contributed by atoms with Gasteiger partial charge in [0.2, 0.25) is 0 Å². The maximum Gasteiger partial charge on any atom is 0.259 e. The van der Waals surface area contributed by atoms with Gasteiger partial charge in [-0.05, 0) is 91.9 Å². The van der Waals surface area contributed by atoms with Crippen molar-refractivity contribution in [1.82, 2.24) is 0 Å². The van der Waals surface area contributed by atoms with Crippen LogP contribution in [-0.4, -0.2) is 24.8 Å². The normalized spacial score (nSPS) is 17.8. The van der Waals surface area contributed by atoms with Crippen molar-refractivity contribution in [1.29, 1.82) is 0 Å². The van der Waals surface area contributed by atoms with Gasteiger partial charge in [0.05, 0.1) is 27.5 Å². The van der Waals surface area contributed by atoms with Crippen LogP contribution >= 0.6 is 23.2 Å². The molecule has 0 spiro atoms.